The molecule has 2 aromatic rings. The van der Waals surface area contributed by atoms with E-state index in [9.17, 15) is 22.8 Å². The number of hydrogen-bond acceptors (Lipinski definition) is 4. The van der Waals surface area contributed by atoms with Crippen molar-refractivity contribution in [2.24, 2.45) is 5.73 Å². The van der Waals surface area contributed by atoms with E-state index in [1.807, 2.05) is 0 Å². The van der Waals surface area contributed by atoms with Crippen molar-refractivity contribution in [1.82, 2.24) is 4.57 Å². The van der Waals surface area contributed by atoms with Gasteiger partial charge in [0, 0.05) is 11.2 Å². The lowest BCUT2D eigenvalue weighted by Crippen LogP contribution is -2.30. The van der Waals surface area contributed by atoms with Gasteiger partial charge in [0.2, 0.25) is 5.43 Å². The lowest BCUT2D eigenvalue weighted by molar-refractivity contribution is 0.0374. The zero-order chi connectivity index (χ0) is 20.7. The first-order valence-electron chi connectivity index (χ1n) is 8.60. The Morgan fingerprint density at radius 2 is 1.81 bits per heavy atom. The predicted molar refractivity (Wildman–Crippen MR) is 96.4 cm³/mol. The Hall–Kier alpha value is -2.35. The fourth-order valence-electron chi connectivity index (χ4n) is 3.41. The molecule has 1 aromatic carbocycles. The molecule has 0 unspecified atom stereocenters. The van der Waals surface area contributed by atoms with E-state index in [1.54, 1.807) is 27.7 Å². The standard InChI is InChI=1S/C18H18F3NO3.CH5N/c1-8(2)25-17(24)12-11-5-6-18(3,4)22(11)15-9(16(12)23)7-10(19)13(20)14(15)21;1-2/h7-8H,5-6H2,1-4H3;2H2,1H3. The molecule has 3 rings (SSSR count). The van der Waals surface area contributed by atoms with Gasteiger partial charge in [-0.05, 0) is 53.7 Å². The maximum atomic E-state index is 14.5. The first-order chi connectivity index (χ1) is 12.6. The number of benzene rings is 1. The number of rotatable bonds is 2. The van der Waals surface area contributed by atoms with Crippen LogP contribution < -0.4 is 11.2 Å². The molecular weight excluding hydrogens is 361 g/mol. The molecule has 27 heavy (non-hydrogen) atoms. The molecule has 1 aromatic heterocycles. The summed E-state index contributed by atoms with van der Waals surface area (Å²) in [5.74, 6) is -5.37. The van der Waals surface area contributed by atoms with Crippen molar-refractivity contribution in [2.45, 2.75) is 52.2 Å². The van der Waals surface area contributed by atoms with Gasteiger partial charge >= 0.3 is 5.97 Å². The number of esters is 1. The van der Waals surface area contributed by atoms with Crippen LogP contribution in [0.15, 0.2) is 10.9 Å². The zero-order valence-corrected chi connectivity index (χ0v) is 16.0. The number of pyridine rings is 1. The Morgan fingerprint density at radius 3 is 2.37 bits per heavy atom. The van der Waals surface area contributed by atoms with E-state index in [1.165, 1.54) is 11.6 Å². The second-order valence-electron chi connectivity index (χ2n) is 7.14. The van der Waals surface area contributed by atoms with Gasteiger partial charge in [-0.3, -0.25) is 4.79 Å². The van der Waals surface area contributed by atoms with E-state index in [0.717, 1.165) is 0 Å². The second kappa shape index (κ2) is 7.34. The largest absolute Gasteiger partial charge is 0.459 e. The van der Waals surface area contributed by atoms with Gasteiger partial charge in [0.15, 0.2) is 17.5 Å². The summed E-state index contributed by atoms with van der Waals surface area (Å²) in [6.45, 7) is 6.84. The minimum atomic E-state index is -1.64. The van der Waals surface area contributed by atoms with Gasteiger partial charge < -0.3 is 15.0 Å². The van der Waals surface area contributed by atoms with Crippen LogP contribution in [0, 0.1) is 17.5 Å². The van der Waals surface area contributed by atoms with E-state index in [0.29, 0.717) is 18.9 Å². The van der Waals surface area contributed by atoms with Gasteiger partial charge in [0.05, 0.1) is 17.0 Å². The van der Waals surface area contributed by atoms with Gasteiger partial charge in [0.1, 0.15) is 5.56 Å². The molecule has 0 radical (unpaired) electrons. The highest BCUT2D eigenvalue weighted by Crippen LogP contribution is 2.37. The number of aromatic nitrogens is 1. The lowest BCUT2D eigenvalue weighted by atomic mass is 10.0. The number of fused-ring (bicyclic) bond motifs is 3. The van der Waals surface area contributed by atoms with Crippen molar-refractivity contribution in [1.29, 1.82) is 0 Å². The Labute approximate surface area is 154 Å². The number of hydrogen-bond donors (Lipinski definition) is 1. The Balaban J connectivity index is 0.00000126. The van der Waals surface area contributed by atoms with E-state index in [4.69, 9.17) is 4.74 Å². The van der Waals surface area contributed by atoms with E-state index >= 15 is 0 Å². The maximum Gasteiger partial charge on any atom is 0.344 e. The normalized spacial score (nSPS) is 14.7. The number of nitrogens with two attached hydrogens (primary N) is 1. The smallest absolute Gasteiger partial charge is 0.344 e. The van der Waals surface area contributed by atoms with Crippen molar-refractivity contribution in [3.63, 3.8) is 0 Å². The maximum absolute atomic E-state index is 14.5. The minimum absolute atomic E-state index is 0.239. The Bertz CT molecular complexity index is 965. The average molecular weight is 384 g/mol. The van der Waals surface area contributed by atoms with Crippen LogP contribution in [0.3, 0.4) is 0 Å². The third kappa shape index (κ3) is 3.34. The van der Waals surface area contributed by atoms with E-state index in [2.05, 4.69) is 5.73 Å². The van der Waals surface area contributed by atoms with Crippen molar-refractivity contribution in [2.75, 3.05) is 7.05 Å². The summed E-state index contributed by atoms with van der Waals surface area (Å²) >= 11 is 0. The van der Waals surface area contributed by atoms with Gasteiger partial charge in [-0.1, -0.05) is 0 Å². The fraction of sp³-hybridized carbons (Fsp3) is 0.474. The molecule has 0 fully saturated rings. The van der Waals surface area contributed by atoms with Crippen LogP contribution in [0.5, 0.6) is 0 Å². The summed E-state index contributed by atoms with van der Waals surface area (Å²) in [5, 5.41) is -0.370. The summed E-state index contributed by atoms with van der Waals surface area (Å²) in [6, 6.07) is 0.643. The molecule has 5 nitrogen and oxygen atoms in total. The fourth-order valence-corrected chi connectivity index (χ4v) is 3.41. The molecule has 148 valence electrons. The van der Waals surface area contributed by atoms with Crippen LogP contribution in [0.4, 0.5) is 13.2 Å². The summed E-state index contributed by atoms with van der Waals surface area (Å²) < 4.78 is 48.5. The lowest BCUT2D eigenvalue weighted by Gasteiger charge is -2.26. The monoisotopic (exact) mass is 384 g/mol. The van der Waals surface area contributed by atoms with E-state index in [-0.39, 0.29) is 22.2 Å². The number of carbonyl (C=O) groups is 1. The molecule has 2 N–H and O–H groups in total. The van der Waals surface area contributed by atoms with Gasteiger partial charge in [0.25, 0.3) is 0 Å². The predicted octanol–water partition coefficient (Wildman–Crippen LogP) is 3.24. The van der Waals surface area contributed by atoms with Crippen molar-refractivity contribution < 1.29 is 22.7 Å². The summed E-state index contributed by atoms with van der Waals surface area (Å²) in [5.41, 5.74) is 2.72. The molecule has 1 aliphatic heterocycles. The van der Waals surface area contributed by atoms with Crippen molar-refractivity contribution >= 4 is 16.9 Å². The molecule has 8 heteroatoms. The van der Waals surface area contributed by atoms with Crippen LogP contribution in [-0.2, 0) is 16.7 Å². The number of carbonyl (C=O) groups excluding carboxylic acids is 1. The molecule has 0 bridgehead atoms. The molecule has 0 spiro atoms. The number of nitrogens with zero attached hydrogens (tertiary/aromatic N) is 1. The van der Waals surface area contributed by atoms with Crippen LogP contribution in [0.2, 0.25) is 0 Å². The molecular formula is C19H23F3N2O3. The average Bonchev–Trinajstić information content (AvgIpc) is 2.89. The van der Waals surface area contributed by atoms with Crippen LogP contribution in [0.25, 0.3) is 10.9 Å². The third-order valence-electron chi connectivity index (χ3n) is 4.52. The van der Waals surface area contributed by atoms with Crippen molar-refractivity contribution in [3.8, 4) is 0 Å². The molecule has 0 atom stereocenters. The van der Waals surface area contributed by atoms with Crippen molar-refractivity contribution in [3.05, 3.63) is 45.0 Å². The third-order valence-corrected chi connectivity index (χ3v) is 4.52. The first kappa shape index (κ1) is 21.0. The Morgan fingerprint density at radius 1 is 1.22 bits per heavy atom. The van der Waals surface area contributed by atoms with Gasteiger partial charge in [-0.15, -0.1) is 0 Å². The highest BCUT2D eigenvalue weighted by Gasteiger charge is 2.37. The summed E-state index contributed by atoms with van der Waals surface area (Å²) in [7, 11) is 1.50. The van der Waals surface area contributed by atoms with Crippen LogP contribution in [-0.4, -0.2) is 23.7 Å². The highest BCUT2D eigenvalue weighted by atomic mass is 19.2. The first-order valence-corrected chi connectivity index (χ1v) is 8.60. The number of ether oxygens (including phenoxy) is 1. The SMILES string of the molecule is CC(C)OC(=O)c1c2n(c3c(F)c(F)c(F)cc3c1=O)C(C)(C)CC2.CN. The summed E-state index contributed by atoms with van der Waals surface area (Å²) in [6.07, 6.45) is 0.393. The molecule has 1 aliphatic rings. The Kier molecular flexibility index (Phi) is 5.70. The van der Waals surface area contributed by atoms with Crippen LogP contribution >= 0.6 is 0 Å². The molecule has 0 saturated carbocycles. The summed E-state index contributed by atoms with van der Waals surface area (Å²) in [4.78, 5) is 25.2. The minimum Gasteiger partial charge on any atom is -0.459 e. The molecule has 0 aliphatic carbocycles. The van der Waals surface area contributed by atoms with Crippen LogP contribution in [0.1, 0.15) is 50.2 Å². The zero-order valence-electron chi connectivity index (χ0n) is 16.0. The molecule has 2 heterocycles. The topological polar surface area (TPSA) is 74.3 Å². The number of halogens is 3. The van der Waals surface area contributed by atoms with Gasteiger partial charge in [-0.25, -0.2) is 18.0 Å². The quantitative estimate of drug-likeness (QED) is 0.637. The second-order valence-corrected chi connectivity index (χ2v) is 7.14. The van der Waals surface area contributed by atoms with Gasteiger partial charge in [-0.2, -0.15) is 0 Å². The highest BCUT2D eigenvalue weighted by molar-refractivity contribution is 5.96. The molecule has 0 amide bonds. The van der Waals surface area contributed by atoms with E-state index < -0.39 is 40.5 Å². The molecule has 0 saturated heterocycles.